The Hall–Kier alpha value is -1.00. The zero-order valence-corrected chi connectivity index (χ0v) is 4.14. The van der Waals surface area contributed by atoms with Crippen molar-refractivity contribution in [2.24, 2.45) is 0 Å². The molecule has 0 unspecified atom stereocenters. The molecule has 1 heterocycles. The van der Waals surface area contributed by atoms with Crippen molar-refractivity contribution >= 4 is 6.40 Å². The van der Waals surface area contributed by atoms with Gasteiger partial charge >= 0.3 is 18.3 Å². The summed E-state index contributed by atoms with van der Waals surface area (Å²) in [6, 6.07) is 0. The maximum Gasteiger partial charge on any atom is 0.488 e. The van der Waals surface area contributed by atoms with Gasteiger partial charge in [-0.05, 0) is 0 Å². The van der Waals surface area contributed by atoms with E-state index in [-0.39, 0.29) is 0 Å². The summed E-state index contributed by atoms with van der Waals surface area (Å²) in [5.41, 5.74) is -0.998. The van der Waals surface area contributed by atoms with E-state index < -0.39 is 11.9 Å². The minimum atomic E-state index is -4.38. The van der Waals surface area contributed by atoms with Gasteiger partial charge < -0.3 is 4.74 Å². The predicted molar refractivity (Wildman–Crippen MR) is 23.4 cm³/mol. The topological polar surface area (TPSA) is 23.3 Å². The van der Waals surface area contributed by atoms with Gasteiger partial charge in [-0.1, -0.05) is 0 Å². The third-order valence-electron chi connectivity index (χ3n) is 0.723. The Morgan fingerprint density at radius 1 is 1.44 bits per heavy atom. The number of allylic oxidation sites excluding steroid dienone is 1. The number of nitrogens with zero attached hydrogens (tertiary/aromatic N) is 1. The van der Waals surface area contributed by atoms with E-state index in [9.17, 15) is 13.2 Å². The fourth-order valence-electron chi connectivity index (χ4n) is 0.353. The highest BCUT2D eigenvalue weighted by Gasteiger charge is 2.45. The van der Waals surface area contributed by atoms with Gasteiger partial charge in [0, 0.05) is 0 Å². The largest absolute Gasteiger partial charge is 0.488 e. The minimum absolute atomic E-state index is 0.556. The van der Waals surface area contributed by atoms with E-state index in [0.29, 0.717) is 6.26 Å². The average molecular weight is 137 g/mol. The first-order valence-electron chi connectivity index (χ1n) is 2.06. The molecule has 9 heavy (non-hydrogen) atoms. The van der Waals surface area contributed by atoms with Crippen molar-refractivity contribution in [3.8, 4) is 0 Å². The molecule has 1 rings (SSSR count). The zero-order chi connectivity index (χ0) is 6.91. The smallest absolute Gasteiger partial charge is 0.407 e. The second-order valence-electron chi connectivity index (χ2n) is 1.37. The molecule has 0 aromatic carbocycles. The molecule has 0 bridgehead atoms. The van der Waals surface area contributed by atoms with Crippen molar-refractivity contribution in [1.82, 2.24) is 4.99 Å². The molecule has 0 aromatic rings. The number of hydrogen-bond donors (Lipinski definition) is 0. The highest BCUT2D eigenvalue weighted by molar-refractivity contribution is 5.51. The molecule has 0 aliphatic carbocycles. The lowest BCUT2D eigenvalue weighted by Gasteiger charge is -1.91. The van der Waals surface area contributed by atoms with Gasteiger partial charge in [-0.15, -0.1) is 0 Å². The highest BCUT2D eigenvalue weighted by Crippen LogP contribution is 2.23. The Kier molecular flexibility index (Phi) is 1.19. The maximum absolute atomic E-state index is 11.5. The molecule has 0 spiro atoms. The van der Waals surface area contributed by atoms with Crippen LogP contribution in [0.15, 0.2) is 12.0 Å². The molecule has 1 radical (unpaired) electrons. The van der Waals surface area contributed by atoms with Crippen molar-refractivity contribution in [2.45, 2.75) is 6.18 Å². The maximum atomic E-state index is 11.5. The van der Waals surface area contributed by atoms with Gasteiger partial charge in [0.05, 0.1) is 0 Å². The van der Waals surface area contributed by atoms with Crippen LogP contribution in [0.2, 0.25) is 0 Å². The third kappa shape index (κ3) is 1.22. The molecular formula is C4H2F3NO+. The zero-order valence-electron chi connectivity index (χ0n) is 4.14. The molecule has 49 valence electrons. The van der Waals surface area contributed by atoms with Crippen LogP contribution in [-0.2, 0) is 4.74 Å². The summed E-state index contributed by atoms with van der Waals surface area (Å²) in [5, 5.41) is 0. The fourth-order valence-corrected chi connectivity index (χ4v) is 0.353. The quantitative estimate of drug-likeness (QED) is 0.484. The monoisotopic (exact) mass is 137 g/mol. The van der Waals surface area contributed by atoms with Crippen LogP contribution in [0, 0.1) is 0 Å². The van der Waals surface area contributed by atoms with Gasteiger partial charge in [0.2, 0.25) is 0 Å². The van der Waals surface area contributed by atoms with Crippen molar-refractivity contribution < 1.29 is 17.9 Å². The molecular weight excluding hydrogens is 135 g/mol. The Morgan fingerprint density at radius 3 is 2.33 bits per heavy atom. The first kappa shape index (κ1) is 6.12. The van der Waals surface area contributed by atoms with Crippen LogP contribution >= 0.6 is 0 Å². The van der Waals surface area contributed by atoms with E-state index in [2.05, 4.69) is 9.73 Å². The second-order valence-corrected chi connectivity index (χ2v) is 1.37. The van der Waals surface area contributed by atoms with E-state index >= 15 is 0 Å². The van der Waals surface area contributed by atoms with Crippen LogP contribution in [0.1, 0.15) is 0 Å². The molecule has 5 heteroatoms. The molecule has 0 aromatic heterocycles. The Labute approximate surface area is 48.6 Å². The van der Waals surface area contributed by atoms with Gasteiger partial charge in [0.1, 0.15) is 4.99 Å². The van der Waals surface area contributed by atoms with Crippen LogP contribution in [0.4, 0.5) is 13.2 Å². The summed E-state index contributed by atoms with van der Waals surface area (Å²) in [7, 11) is 0. The van der Waals surface area contributed by atoms with Crippen LogP contribution in [0.5, 0.6) is 0 Å². The third-order valence-corrected chi connectivity index (χ3v) is 0.723. The summed E-state index contributed by atoms with van der Waals surface area (Å²) >= 11 is 0. The molecule has 1 aliphatic rings. The number of ether oxygens (including phenoxy) is 1. The van der Waals surface area contributed by atoms with E-state index in [1.54, 1.807) is 0 Å². The summed E-state index contributed by atoms with van der Waals surface area (Å²) in [5.74, 6) is 0. The summed E-state index contributed by atoms with van der Waals surface area (Å²) < 4.78 is 38.6. The van der Waals surface area contributed by atoms with Gasteiger partial charge in [-0.25, -0.2) is 0 Å². The highest BCUT2D eigenvalue weighted by atomic mass is 19.4. The van der Waals surface area contributed by atoms with Gasteiger partial charge in [-0.2, -0.15) is 13.2 Å². The van der Waals surface area contributed by atoms with E-state index in [1.165, 1.54) is 0 Å². The van der Waals surface area contributed by atoms with E-state index in [0.717, 1.165) is 6.40 Å². The number of aliphatic imine (C=N–C) groups is 1. The minimum Gasteiger partial charge on any atom is -0.407 e. The van der Waals surface area contributed by atoms with Crippen LogP contribution in [0.3, 0.4) is 0 Å². The van der Waals surface area contributed by atoms with Crippen molar-refractivity contribution in [3.05, 3.63) is 12.0 Å². The van der Waals surface area contributed by atoms with Crippen LogP contribution in [0.25, 0.3) is 0 Å². The van der Waals surface area contributed by atoms with E-state index in [4.69, 9.17) is 0 Å². The van der Waals surface area contributed by atoms with Crippen LogP contribution < -0.4 is 4.99 Å². The molecule has 2 nitrogen and oxygen atoms in total. The SMILES string of the molecule is FC(F)(F)C1=COC=[N+]1. The average Bonchev–Trinajstić information content (AvgIpc) is 2.08. The number of alkyl halides is 3. The molecule has 0 saturated carbocycles. The van der Waals surface area contributed by atoms with Crippen molar-refractivity contribution in [1.29, 1.82) is 0 Å². The lowest BCUT2D eigenvalue weighted by Crippen LogP contribution is -2.13. The molecule has 0 N–H and O–H groups in total. The lowest BCUT2D eigenvalue weighted by molar-refractivity contribution is -0.0945. The molecule has 0 saturated heterocycles. The molecule has 1 aliphatic heterocycles. The summed E-state index contributed by atoms with van der Waals surface area (Å²) in [4.78, 5) is 2.90. The molecule has 0 amide bonds. The molecule has 0 fully saturated rings. The van der Waals surface area contributed by atoms with Crippen molar-refractivity contribution in [2.75, 3.05) is 0 Å². The second kappa shape index (κ2) is 1.75. The lowest BCUT2D eigenvalue weighted by atomic mass is 10.5. The first-order valence-corrected chi connectivity index (χ1v) is 2.06. The van der Waals surface area contributed by atoms with Gasteiger partial charge in [0.15, 0.2) is 6.26 Å². The Bertz CT molecular complexity index is 169. The van der Waals surface area contributed by atoms with Crippen LogP contribution in [-0.4, -0.2) is 12.6 Å². The van der Waals surface area contributed by atoms with Gasteiger partial charge in [0.25, 0.3) is 0 Å². The normalized spacial score (nSPS) is 17.4. The molecule has 0 atom stereocenters. The van der Waals surface area contributed by atoms with E-state index in [1.807, 2.05) is 0 Å². The predicted octanol–water partition coefficient (Wildman–Crippen LogP) is 0.784. The van der Waals surface area contributed by atoms with Gasteiger partial charge in [-0.3, -0.25) is 0 Å². The number of rotatable bonds is 0. The Morgan fingerprint density at radius 2 is 2.11 bits per heavy atom. The summed E-state index contributed by atoms with van der Waals surface area (Å²) in [6.45, 7) is 0. The Balaban J connectivity index is 2.73. The number of halogens is 3. The number of hydrogen-bond acceptors (Lipinski definition) is 2. The standard InChI is InChI=1S/C4H2F3NO/c5-4(6,7)3-1-9-2-8-3/h1-2H/q+1. The summed E-state index contributed by atoms with van der Waals surface area (Å²) in [6.07, 6.45) is -3.09. The fraction of sp³-hybridized carbons (Fsp3) is 0.250. The van der Waals surface area contributed by atoms with Crippen molar-refractivity contribution in [3.63, 3.8) is 0 Å². The first-order chi connectivity index (χ1) is 4.11.